The van der Waals surface area contributed by atoms with Crippen molar-refractivity contribution in [2.75, 3.05) is 0 Å². The lowest BCUT2D eigenvalue weighted by Gasteiger charge is -2.39. The predicted octanol–water partition coefficient (Wildman–Crippen LogP) is 3.56. The topological polar surface area (TPSA) is 37.3 Å². The highest BCUT2D eigenvalue weighted by atomic mass is 16.4. The van der Waals surface area contributed by atoms with E-state index in [-0.39, 0.29) is 5.92 Å². The molecular weight excluding hydrogens is 188 g/mol. The first-order valence-electron chi connectivity index (χ1n) is 6.04. The van der Waals surface area contributed by atoms with Gasteiger partial charge in [-0.2, -0.15) is 0 Å². The van der Waals surface area contributed by atoms with Crippen LogP contribution in [0, 0.1) is 23.2 Å². The Bertz CT molecular complexity index is 231. The first kappa shape index (κ1) is 12.5. The molecule has 0 aliphatic heterocycles. The predicted molar refractivity (Wildman–Crippen MR) is 61.7 cm³/mol. The van der Waals surface area contributed by atoms with Crippen molar-refractivity contribution in [1.82, 2.24) is 0 Å². The summed E-state index contributed by atoms with van der Waals surface area (Å²) in [4.78, 5) is 11.2. The molecule has 0 spiro atoms. The average molecular weight is 212 g/mol. The number of carbonyl (C=O) groups is 1. The van der Waals surface area contributed by atoms with Gasteiger partial charge in [0.2, 0.25) is 0 Å². The zero-order chi connectivity index (χ0) is 11.6. The molecule has 0 bridgehead atoms. The maximum atomic E-state index is 11.2. The molecule has 2 atom stereocenters. The first-order chi connectivity index (χ1) is 6.82. The molecule has 0 aromatic carbocycles. The Morgan fingerprint density at radius 3 is 2.53 bits per heavy atom. The highest BCUT2D eigenvalue weighted by Gasteiger charge is 2.38. The summed E-state index contributed by atoms with van der Waals surface area (Å²) in [6.45, 7) is 8.89. The first-order valence-corrected chi connectivity index (χ1v) is 6.04. The van der Waals surface area contributed by atoms with Crippen molar-refractivity contribution in [3.8, 4) is 0 Å². The number of aliphatic carboxylic acids is 1. The summed E-state index contributed by atoms with van der Waals surface area (Å²) < 4.78 is 0. The summed E-state index contributed by atoms with van der Waals surface area (Å²) in [5, 5.41) is 9.19. The normalized spacial score (nSPS) is 30.5. The van der Waals surface area contributed by atoms with Crippen LogP contribution >= 0.6 is 0 Å². The van der Waals surface area contributed by atoms with Crippen molar-refractivity contribution in [2.45, 2.75) is 53.4 Å². The summed E-state index contributed by atoms with van der Waals surface area (Å²) in [6.07, 6.45) is 4.04. The molecule has 0 radical (unpaired) electrons. The van der Waals surface area contributed by atoms with Gasteiger partial charge in [0, 0.05) is 0 Å². The monoisotopic (exact) mass is 212 g/mol. The number of carboxylic acid groups (broad SMARTS) is 1. The molecule has 0 heterocycles. The maximum Gasteiger partial charge on any atom is 0.306 e. The zero-order valence-electron chi connectivity index (χ0n) is 10.4. The van der Waals surface area contributed by atoms with E-state index in [0.29, 0.717) is 17.3 Å². The van der Waals surface area contributed by atoms with Gasteiger partial charge in [0.1, 0.15) is 0 Å². The van der Waals surface area contributed by atoms with Crippen molar-refractivity contribution in [3.63, 3.8) is 0 Å². The minimum atomic E-state index is -0.587. The summed E-state index contributed by atoms with van der Waals surface area (Å²) in [5.41, 5.74) is 0.339. The lowest BCUT2D eigenvalue weighted by Crippen LogP contribution is -2.35. The highest BCUT2D eigenvalue weighted by Crippen LogP contribution is 2.44. The van der Waals surface area contributed by atoms with Crippen LogP contribution in [-0.2, 0) is 4.79 Å². The molecule has 1 aliphatic carbocycles. The van der Waals surface area contributed by atoms with E-state index in [1.807, 2.05) is 0 Å². The minimum absolute atomic E-state index is 0.0968. The second kappa shape index (κ2) is 4.54. The number of hydrogen-bond acceptors (Lipinski definition) is 1. The van der Waals surface area contributed by atoms with Crippen LogP contribution in [0.25, 0.3) is 0 Å². The molecule has 1 aliphatic rings. The zero-order valence-corrected chi connectivity index (χ0v) is 10.4. The van der Waals surface area contributed by atoms with Crippen LogP contribution in [0.2, 0.25) is 0 Å². The van der Waals surface area contributed by atoms with E-state index in [2.05, 4.69) is 27.7 Å². The number of hydrogen-bond donors (Lipinski definition) is 1. The number of carboxylic acids is 1. The van der Waals surface area contributed by atoms with Gasteiger partial charge < -0.3 is 5.11 Å². The second-order valence-corrected chi connectivity index (χ2v) is 6.24. The van der Waals surface area contributed by atoms with Gasteiger partial charge in [-0.15, -0.1) is 0 Å². The molecule has 0 saturated heterocycles. The Labute approximate surface area is 93.1 Å². The minimum Gasteiger partial charge on any atom is -0.481 e. The fraction of sp³-hybridized carbons (Fsp3) is 0.923. The molecule has 2 heteroatoms. The van der Waals surface area contributed by atoms with Crippen LogP contribution in [0.4, 0.5) is 0 Å². The number of rotatable bonds is 3. The fourth-order valence-electron chi connectivity index (χ4n) is 2.91. The fourth-order valence-corrected chi connectivity index (χ4v) is 2.91. The van der Waals surface area contributed by atoms with Crippen LogP contribution in [-0.4, -0.2) is 11.1 Å². The lowest BCUT2D eigenvalue weighted by molar-refractivity contribution is -0.146. The lowest BCUT2D eigenvalue weighted by atomic mass is 9.65. The van der Waals surface area contributed by atoms with Crippen molar-refractivity contribution < 1.29 is 9.90 Å². The maximum absolute atomic E-state index is 11.2. The van der Waals surface area contributed by atoms with Gasteiger partial charge in [0.15, 0.2) is 0 Å². The molecule has 0 aromatic rings. The smallest absolute Gasteiger partial charge is 0.306 e. The Hall–Kier alpha value is -0.530. The molecule has 1 N–H and O–H groups in total. The van der Waals surface area contributed by atoms with Gasteiger partial charge in [-0.3, -0.25) is 4.79 Å². The van der Waals surface area contributed by atoms with Crippen LogP contribution in [0.5, 0.6) is 0 Å². The molecule has 15 heavy (non-hydrogen) atoms. The van der Waals surface area contributed by atoms with Crippen molar-refractivity contribution in [1.29, 1.82) is 0 Å². The summed E-state index contributed by atoms with van der Waals surface area (Å²) >= 11 is 0. The Balaban J connectivity index is 2.69. The van der Waals surface area contributed by atoms with Gasteiger partial charge in [-0.1, -0.05) is 27.7 Å². The van der Waals surface area contributed by atoms with Gasteiger partial charge in [-0.25, -0.2) is 0 Å². The van der Waals surface area contributed by atoms with E-state index >= 15 is 0 Å². The molecule has 88 valence electrons. The van der Waals surface area contributed by atoms with Crippen LogP contribution < -0.4 is 0 Å². The van der Waals surface area contributed by atoms with Crippen LogP contribution in [0.3, 0.4) is 0 Å². The third kappa shape index (κ3) is 3.51. The molecule has 1 rings (SSSR count). The van der Waals surface area contributed by atoms with Crippen molar-refractivity contribution >= 4 is 5.97 Å². The molecule has 1 fully saturated rings. The van der Waals surface area contributed by atoms with Crippen molar-refractivity contribution in [3.05, 3.63) is 0 Å². The molecule has 1 saturated carbocycles. The SMILES string of the molecule is CC(C)CC1CC(C)(C)CCC1C(=O)O. The molecule has 0 amide bonds. The van der Waals surface area contributed by atoms with Gasteiger partial charge in [0.05, 0.1) is 5.92 Å². The standard InChI is InChI=1S/C13H24O2/c1-9(2)7-10-8-13(3,4)6-5-11(10)12(14)15/h9-11H,5-8H2,1-4H3,(H,14,15). The quantitative estimate of drug-likeness (QED) is 0.776. The van der Waals surface area contributed by atoms with Crippen molar-refractivity contribution in [2.24, 2.45) is 23.2 Å². The molecular formula is C13H24O2. The second-order valence-electron chi connectivity index (χ2n) is 6.24. The van der Waals surface area contributed by atoms with Gasteiger partial charge in [-0.05, 0) is 42.9 Å². The van der Waals surface area contributed by atoms with E-state index < -0.39 is 5.97 Å². The van der Waals surface area contributed by atoms with E-state index in [9.17, 15) is 9.90 Å². The molecule has 0 aromatic heterocycles. The van der Waals surface area contributed by atoms with E-state index in [1.54, 1.807) is 0 Å². The van der Waals surface area contributed by atoms with Crippen LogP contribution in [0.1, 0.15) is 53.4 Å². The Morgan fingerprint density at radius 1 is 1.47 bits per heavy atom. The van der Waals surface area contributed by atoms with E-state index in [4.69, 9.17) is 0 Å². The van der Waals surface area contributed by atoms with Gasteiger partial charge in [0.25, 0.3) is 0 Å². The largest absolute Gasteiger partial charge is 0.481 e. The summed E-state index contributed by atoms with van der Waals surface area (Å²) in [7, 11) is 0. The third-order valence-electron chi connectivity index (χ3n) is 3.61. The molecule has 2 nitrogen and oxygen atoms in total. The van der Waals surface area contributed by atoms with Gasteiger partial charge >= 0.3 is 5.97 Å². The van der Waals surface area contributed by atoms with E-state index in [1.165, 1.54) is 0 Å². The Morgan fingerprint density at radius 2 is 2.07 bits per heavy atom. The van der Waals surface area contributed by atoms with E-state index in [0.717, 1.165) is 25.7 Å². The molecule has 2 unspecified atom stereocenters. The summed E-state index contributed by atoms with van der Waals surface area (Å²) in [6, 6.07) is 0. The third-order valence-corrected chi connectivity index (χ3v) is 3.61. The van der Waals surface area contributed by atoms with Crippen LogP contribution in [0.15, 0.2) is 0 Å². The average Bonchev–Trinajstić information content (AvgIpc) is 1.99. The Kier molecular flexibility index (Phi) is 3.80. The summed E-state index contributed by atoms with van der Waals surface area (Å²) in [5.74, 6) is 0.300. The highest BCUT2D eigenvalue weighted by molar-refractivity contribution is 5.70.